The van der Waals surface area contributed by atoms with Crippen molar-refractivity contribution in [3.05, 3.63) is 0 Å². The van der Waals surface area contributed by atoms with E-state index in [2.05, 4.69) is 24.3 Å². The Balaban J connectivity index is 1.32. The molecule has 0 unspecified atom stereocenters. The van der Waals surface area contributed by atoms with Crippen LogP contribution in [0.25, 0.3) is 0 Å². The van der Waals surface area contributed by atoms with Crippen LogP contribution in [0.3, 0.4) is 0 Å². The molecule has 0 aromatic rings. The summed E-state index contributed by atoms with van der Waals surface area (Å²) < 4.78 is 0. The van der Waals surface area contributed by atoms with E-state index in [0.717, 1.165) is 76.6 Å². The highest BCUT2D eigenvalue weighted by Gasteiger charge is 2.62. The average molecular weight is 401 g/mol. The Hall–Kier alpha value is -1.23. The lowest BCUT2D eigenvalue weighted by atomic mass is 9.45. The summed E-state index contributed by atoms with van der Waals surface area (Å²) in [5.74, 6) is 2.39. The number of hydrogen-bond donors (Lipinski definition) is 1. The van der Waals surface area contributed by atoms with E-state index >= 15 is 0 Å². The number of nitrogens with one attached hydrogen (secondary N) is 1. The van der Waals surface area contributed by atoms with Gasteiger partial charge in [-0.05, 0) is 87.6 Å². The predicted molar refractivity (Wildman–Crippen MR) is 112 cm³/mol. The van der Waals surface area contributed by atoms with Gasteiger partial charge in [-0.2, -0.15) is 0 Å². The van der Waals surface area contributed by atoms with Gasteiger partial charge in [0, 0.05) is 24.2 Å². The molecule has 0 aromatic heterocycles. The van der Waals surface area contributed by atoms with Gasteiger partial charge in [-0.1, -0.05) is 19.0 Å². The summed E-state index contributed by atoms with van der Waals surface area (Å²) in [4.78, 5) is 31.8. The van der Waals surface area contributed by atoms with E-state index in [-0.39, 0.29) is 22.9 Å². The molecule has 1 N–H and O–H groups in total. The summed E-state index contributed by atoms with van der Waals surface area (Å²) in [6.45, 7) is 6.56. The summed E-state index contributed by atoms with van der Waals surface area (Å²) >= 11 is 0. The van der Waals surface area contributed by atoms with Gasteiger partial charge in [0.1, 0.15) is 17.7 Å². The molecule has 29 heavy (non-hydrogen) atoms. The Bertz CT molecular complexity index is 728. The SMILES string of the molecule is C[C@]12CC/C(=N\OC3CCNCC3)C[C@@H]1C(=O)C[C@@H]1[C@@H]2CC[C@]2(C)C(=O)CC[C@@H]12. The third kappa shape index (κ3) is 3.10. The zero-order valence-corrected chi connectivity index (χ0v) is 18.0. The van der Waals surface area contributed by atoms with E-state index in [4.69, 9.17) is 4.84 Å². The second kappa shape index (κ2) is 7.18. The number of Topliss-reactive ketones (excluding diaryl/α,β-unsaturated/α-hetero) is 2. The fraction of sp³-hybridized carbons (Fsp3) is 0.875. The molecular weight excluding hydrogens is 364 g/mol. The normalized spacial score (nSPS) is 46.9. The highest BCUT2D eigenvalue weighted by atomic mass is 16.6. The standard InChI is InChI=1S/C24H36N2O3/c1-23-9-5-15(26-29-16-7-11-25-12-8-16)13-20(23)21(27)14-17-18-3-4-22(28)24(18,2)10-6-19(17)23/h16-20,25H,3-14H2,1-2H3/b26-15+/t17-,18-,19-,20+,23+,24-/m0/s1. The van der Waals surface area contributed by atoms with Crippen LogP contribution >= 0.6 is 0 Å². The quantitative estimate of drug-likeness (QED) is 0.714. The number of ketones is 2. The molecule has 5 rings (SSSR count). The fourth-order valence-corrected chi connectivity index (χ4v) is 7.75. The zero-order valence-electron chi connectivity index (χ0n) is 18.0. The van der Waals surface area contributed by atoms with Crippen molar-refractivity contribution < 1.29 is 14.4 Å². The molecule has 5 nitrogen and oxygen atoms in total. The molecule has 6 atom stereocenters. The Morgan fingerprint density at radius 1 is 0.966 bits per heavy atom. The second-order valence-electron chi connectivity index (χ2n) is 10.9. The summed E-state index contributed by atoms with van der Waals surface area (Å²) in [6, 6.07) is 0. The summed E-state index contributed by atoms with van der Waals surface area (Å²) in [5, 5.41) is 7.89. The largest absolute Gasteiger partial charge is 0.392 e. The molecule has 0 aromatic carbocycles. The van der Waals surface area contributed by atoms with Gasteiger partial charge in [0.05, 0.1) is 5.71 Å². The highest BCUT2D eigenvalue weighted by molar-refractivity contribution is 5.93. The maximum absolute atomic E-state index is 13.3. The Labute approximate surface area is 174 Å². The molecule has 5 aliphatic rings. The van der Waals surface area contributed by atoms with Crippen LogP contribution in [0.15, 0.2) is 5.16 Å². The topological polar surface area (TPSA) is 67.8 Å². The number of piperidine rings is 1. The third-order valence-electron chi connectivity index (χ3n) is 9.62. The summed E-state index contributed by atoms with van der Waals surface area (Å²) in [7, 11) is 0. The van der Waals surface area contributed by atoms with Gasteiger partial charge >= 0.3 is 0 Å². The molecular formula is C24H36N2O3. The highest BCUT2D eigenvalue weighted by Crippen LogP contribution is 2.64. The monoisotopic (exact) mass is 400 g/mol. The average Bonchev–Trinajstić information content (AvgIpc) is 3.03. The first-order valence-electron chi connectivity index (χ1n) is 11.9. The maximum atomic E-state index is 13.3. The molecule has 4 saturated carbocycles. The number of carbonyl (C=O) groups is 2. The van der Waals surface area contributed by atoms with Gasteiger partial charge in [-0.3, -0.25) is 9.59 Å². The van der Waals surface area contributed by atoms with Gasteiger partial charge < -0.3 is 10.2 Å². The van der Waals surface area contributed by atoms with Gasteiger partial charge in [0.15, 0.2) is 0 Å². The molecule has 1 aliphatic heterocycles. The van der Waals surface area contributed by atoms with Crippen LogP contribution in [0.5, 0.6) is 0 Å². The minimum Gasteiger partial charge on any atom is -0.392 e. The molecule has 5 fully saturated rings. The number of carbonyl (C=O) groups excluding carboxylic acids is 2. The zero-order chi connectivity index (χ0) is 20.2. The Kier molecular flexibility index (Phi) is 4.88. The number of fused-ring (bicyclic) bond motifs is 5. The van der Waals surface area contributed by atoms with Crippen LogP contribution in [-0.4, -0.2) is 36.5 Å². The van der Waals surface area contributed by atoms with E-state index in [1.165, 1.54) is 0 Å². The van der Waals surface area contributed by atoms with Gasteiger partial charge in [-0.15, -0.1) is 0 Å². The van der Waals surface area contributed by atoms with Crippen molar-refractivity contribution in [2.24, 2.45) is 39.7 Å². The number of nitrogens with zero attached hydrogens (tertiary/aromatic N) is 1. The van der Waals surface area contributed by atoms with Crippen LogP contribution in [0.2, 0.25) is 0 Å². The lowest BCUT2D eigenvalue weighted by molar-refractivity contribution is -0.152. The van der Waals surface area contributed by atoms with Crippen molar-refractivity contribution in [1.29, 1.82) is 0 Å². The summed E-state index contributed by atoms with van der Waals surface area (Å²) in [6.07, 6.45) is 9.57. The van der Waals surface area contributed by atoms with E-state index < -0.39 is 0 Å². The van der Waals surface area contributed by atoms with Crippen LogP contribution in [0.4, 0.5) is 0 Å². The van der Waals surface area contributed by atoms with Crippen molar-refractivity contribution in [3.63, 3.8) is 0 Å². The summed E-state index contributed by atoms with van der Waals surface area (Å²) in [5.41, 5.74) is 1.00. The minimum absolute atomic E-state index is 0.0702. The Morgan fingerprint density at radius 2 is 1.76 bits per heavy atom. The molecule has 5 heteroatoms. The molecule has 0 spiro atoms. The maximum Gasteiger partial charge on any atom is 0.139 e. The van der Waals surface area contributed by atoms with Gasteiger partial charge in [0.2, 0.25) is 0 Å². The van der Waals surface area contributed by atoms with Crippen LogP contribution < -0.4 is 5.32 Å². The smallest absolute Gasteiger partial charge is 0.139 e. The van der Waals surface area contributed by atoms with Crippen molar-refractivity contribution in [3.8, 4) is 0 Å². The predicted octanol–water partition coefficient (Wildman–Crippen LogP) is 3.90. The molecule has 0 amide bonds. The lowest BCUT2D eigenvalue weighted by Gasteiger charge is -2.58. The first kappa shape index (κ1) is 19.7. The Morgan fingerprint density at radius 3 is 2.55 bits per heavy atom. The van der Waals surface area contributed by atoms with Crippen molar-refractivity contribution >= 4 is 17.3 Å². The van der Waals surface area contributed by atoms with Crippen molar-refractivity contribution in [2.45, 2.75) is 84.2 Å². The van der Waals surface area contributed by atoms with Gasteiger partial charge in [-0.25, -0.2) is 0 Å². The van der Waals surface area contributed by atoms with Crippen LogP contribution in [0, 0.1) is 34.5 Å². The lowest BCUT2D eigenvalue weighted by Crippen LogP contribution is -2.56. The first-order valence-corrected chi connectivity index (χ1v) is 11.9. The molecule has 0 bridgehead atoms. The number of rotatable bonds is 2. The second-order valence-corrected chi connectivity index (χ2v) is 10.9. The van der Waals surface area contributed by atoms with E-state index in [9.17, 15) is 9.59 Å². The van der Waals surface area contributed by atoms with Gasteiger partial charge in [0.25, 0.3) is 0 Å². The number of oxime groups is 1. The van der Waals surface area contributed by atoms with E-state index in [1.807, 2.05) is 0 Å². The first-order chi connectivity index (χ1) is 13.9. The molecule has 0 radical (unpaired) electrons. The number of hydrogen-bond acceptors (Lipinski definition) is 5. The molecule has 4 aliphatic carbocycles. The van der Waals surface area contributed by atoms with Crippen molar-refractivity contribution in [1.82, 2.24) is 5.32 Å². The fourth-order valence-electron chi connectivity index (χ4n) is 7.75. The minimum atomic E-state index is -0.158. The molecule has 1 saturated heterocycles. The third-order valence-corrected chi connectivity index (χ3v) is 9.62. The van der Waals surface area contributed by atoms with Crippen LogP contribution in [-0.2, 0) is 14.4 Å². The van der Waals surface area contributed by atoms with E-state index in [1.54, 1.807) is 0 Å². The van der Waals surface area contributed by atoms with Crippen LogP contribution in [0.1, 0.15) is 78.1 Å². The molecule has 1 heterocycles. The van der Waals surface area contributed by atoms with Crippen molar-refractivity contribution in [2.75, 3.05) is 13.1 Å². The molecule has 160 valence electrons. The van der Waals surface area contributed by atoms with E-state index in [0.29, 0.717) is 35.7 Å².